The fraction of sp³-hybridized carbons (Fsp3) is 0.0714. The maximum Gasteiger partial charge on any atom is 0.197 e. The average molecular weight is 435 g/mol. The molecule has 0 aliphatic rings. The first-order valence-corrected chi connectivity index (χ1v) is 10.9. The highest BCUT2D eigenvalue weighted by atomic mass is 32.1. The molecule has 0 fully saturated rings. The third kappa shape index (κ3) is 3.20. The van der Waals surface area contributed by atoms with E-state index in [-0.39, 0.29) is 5.43 Å². The molecule has 0 aliphatic heterocycles. The third-order valence-electron chi connectivity index (χ3n) is 6.04. The van der Waals surface area contributed by atoms with E-state index < -0.39 is 0 Å². The Balaban J connectivity index is 0.000000135. The van der Waals surface area contributed by atoms with Crippen LogP contribution in [0.4, 0.5) is 0 Å². The van der Waals surface area contributed by atoms with E-state index in [0.29, 0.717) is 0 Å². The molecule has 0 atom stereocenters. The van der Waals surface area contributed by atoms with Gasteiger partial charge >= 0.3 is 0 Å². The lowest BCUT2D eigenvalue weighted by Gasteiger charge is -2.10. The summed E-state index contributed by atoms with van der Waals surface area (Å²) in [6.07, 6.45) is 0. The summed E-state index contributed by atoms with van der Waals surface area (Å²) in [5, 5.41) is 3.87. The predicted octanol–water partition coefficient (Wildman–Crippen LogP) is 6.75. The molecule has 3 nitrogen and oxygen atoms in total. The third-order valence-corrected chi connectivity index (χ3v) is 6.48. The number of aryl methyl sites for hydroxylation is 2. The van der Waals surface area contributed by atoms with Crippen molar-refractivity contribution in [2.45, 2.75) is 0 Å². The van der Waals surface area contributed by atoms with Gasteiger partial charge in [-0.1, -0.05) is 72.9 Å². The number of hydrogen-bond donors (Lipinski definition) is 0. The summed E-state index contributed by atoms with van der Waals surface area (Å²) >= 11 is 5.54. The van der Waals surface area contributed by atoms with Crippen molar-refractivity contribution in [3.8, 4) is 0 Å². The van der Waals surface area contributed by atoms with E-state index in [0.717, 1.165) is 37.1 Å². The molecular formula is C28H22N2OS. The number of benzene rings is 4. The van der Waals surface area contributed by atoms with Crippen LogP contribution in [0.1, 0.15) is 0 Å². The van der Waals surface area contributed by atoms with E-state index in [9.17, 15) is 4.79 Å². The maximum absolute atomic E-state index is 12.2. The molecular weight excluding hydrogens is 412 g/mol. The molecule has 0 saturated heterocycles. The van der Waals surface area contributed by atoms with Gasteiger partial charge in [0.05, 0.1) is 15.5 Å². The molecule has 2 heterocycles. The van der Waals surface area contributed by atoms with Crippen LogP contribution in [0.5, 0.6) is 0 Å². The smallest absolute Gasteiger partial charge is 0.197 e. The summed E-state index contributed by atoms with van der Waals surface area (Å²) in [4.78, 5) is 12.2. The topological polar surface area (TPSA) is 26.9 Å². The van der Waals surface area contributed by atoms with Gasteiger partial charge in [-0.2, -0.15) is 0 Å². The van der Waals surface area contributed by atoms with Gasteiger partial charge < -0.3 is 9.13 Å². The Hall–Kier alpha value is -3.76. The quantitative estimate of drug-likeness (QED) is 0.195. The van der Waals surface area contributed by atoms with Crippen LogP contribution in [0.15, 0.2) is 102 Å². The first-order chi connectivity index (χ1) is 15.6. The van der Waals surface area contributed by atoms with Gasteiger partial charge in [0.1, 0.15) is 0 Å². The van der Waals surface area contributed by atoms with Crippen molar-refractivity contribution >= 4 is 55.8 Å². The maximum atomic E-state index is 12.2. The molecule has 2 aromatic heterocycles. The Kier molecular flexibility index (Phi) is 5.08. The fourth-order valence-corrected chi connectivity index (χ4v) is 4.73. The van der Waals surface area contributed by atoms with Crippen molar-refractivity contribution in [2.75, 3.05) is 0 Å². The highest BCUT2D eigenvalue weighted by Gasteiger charge is 2.06. The van der Waals surface area contributed by atoms with Gasteiger partial charge in [-0.25, -0.2) is 0 Å². The number of aromatic nitrogens is 2. The van der Waals surface area contributed by atoms with Crippen LogP contribution in [-0.4, -0.2) is 9.13 Å². The molecule has 4 aromatic carbocycles. The summed E-state index contributed by atoms with van der Waals surface area (Å²) in [6, 6.07) is 32.0. The number of para-hydroxylation sites is 4. The SMILES string of the molecule is Cn1c2ccccc2c(=O)c2ccccc21.Cn1c2ccccc2c(=S)c2ccccc21. The molecule has 6 rings (SSSR count). The van der Waals surface area contributed by atoms with Gasteiger partial charge in [0.15, 0.2) is 5.43 Å². The molecule has 0 aliphatic carbocycles. The van der Waals surface area contributed by atoms with Crippen molar-refractivity contribution in [1.29, 1.82) is 0 Å². The minimum atomic E-state index is 0.115. The standard InChI is InChI=1S/C14H11NO.C14H11NS/c2*1-15-12-8-4-2-6-10(12)14(16)11-7-3-5-9-13(11)15/h2*2-9H,1H3. The van der Waals surface area contributed by atoms with Gasteiger partial charge in [-0.3, -0.25) is 4.79 Å². The molecule has 32 heavy (non-hydrogen) atoms. The van der Waals surface area contributed by atoms with Crippen LogP contribution in [0, 0.1) is 4.51 Å². The Labute approximate surface area is 190 Å². The molecule has 156 valence electrons. The summed E-state index contributed by atoms with van der Waals surface area (Å²) in [5.74, 6) is 0. The van der Waals surface area contributed by atoms with Gasteiger partial charge in [0.25, 0.3) is 0 Å². The van der Waals surface area contributed by atoms with Crippen molar-refractivity contribution in [3.63, 3.8) is 0 Å². The molecule has 0 bridgehead atoms. The lowest BCUT2D eigenvalue weighted by molar-refractivity contribution is 1.00. The minimum absolute atomic E-state index is 0.115. The fourth-order valence-electron chi connectivity index (χ4n) is 4.38. The molecule has 0 radical (unpaired) electrons. The zero-order chi connectivity index (χ0) is 22.2. The molecule has 0 unspecified atom stereocenters. The first-order valence-electron chi connectivity index (χ1n) is 10.5. The van der Waals surface area contributed by atoms with E-state index in [1.54, 1.807) is 0 Å². The van der Waals surface area contributed by atoms with Crippen LogP contribution in [0.3, 0.4) is 0 Å². The Bertz CT molecular complexity index is 1490. The van der Waals surface area contributed by atoms with Crippen molar-refractivity contribution < 1.29 is 0 Å². The van der Waals surface area contributed by atoms with Gasteiger partial charge in [0, 0.05) is 46.7 Å². The molecule has 6 aromatic rings. The van der Waals surface area contributed by atoms with E-state index in [1.807, 2.05) is 79.8 Å². The predicted molar refractivity (Wildman–Crippen MR) is 138 cm³/mol. The summed E-state index contributed by atoms with van der Waals surface area (Å²) < 4.78 is 5.20. The first kappa shape index (κ1) is 20.2. The van der Waals surface area contributed by atoms with Crippen LogP contribution in [0.2, 0.25) is 0 Å². The lowest BCUT2D eigenvalue weighted by Crippen LogP contribution is -2.08. The molecule has 0 saturated carbocycles. The second-order valence-corrected chi connectivity index (χ2v) is 8.25. The van der Waals surface area contributed by atoms with Gasteiger partial charge in [-0.05, 0) is 36.4 Å². The van der Waals surface area contributed by atoms with Crippen LogP contribution < -0.4 is 5.43 Å². The second kappa shape index (κ2) is 8.06. The number of hydrogen-bond acceptors (Lipinski definition) is 2. The molecule has 0 spiro atoms. The number of nitrogens with zero attached hydrogens (tertiary/aromatic N) is 2. The summed E-state index contributed by atoms with van der Waals surface area (Å²) in [6.45, 7) is 0. The highest BCUT2D eigenvalue weighted by Crippen LogP contribution is 2.24. The average Bonchev–Trinajstić information content (AvgIpc) is 2.86. The van der Waals surface area contributed by atoms with Crippen LogP contribution in [-0.2, 0) is 14.1 Å². The van der Waals surface area contributed by atoms with E-state index in [2.05, 4.69) is 40.4 Å². The minimum Gasteiger partial charge on any atom is -0.344 e. The zero-order valence-electron chi connectivity index (χ0n) is 17.9. The number of fused-ring (bicyclic) bond motifs is 4. The Morgan fingerprint density at radius 2 is 0.781 bits per heavy atom. The van der Waals surface area contributed by atoms with Crippen molar-refractivity contribution in [2.24, 2.45) is 14.1 Å². The monoisotopic (exact) mass is 434 g/mol. The zero-order valence-corrected chi connectivity index (χ0v) is 18.8. The molecule has 4 heteroatoms. The van der Waals surface area contributed by atoms with Crippen LogP contribution in [0.25, 0.3) is 43.6 Å². The Morgan fingerprint density at radius 3 is 1.16 bits per heavy atom. The molecule has 0 amide bonds. The van der Waals surface area contributed by atoms with E-state index >= 15 is 0 Å². The van der Waals surface area contributed by atoms with Gasteiger partial charge in [0.2, 0.25) is 0 Å². The second-order valence-electron chi connectivity index (χ2n) is 7.84. The lowest BCUT2D eigenvalue weighted by atomic mass is 10.1. The van der Waals surface area contributed by atoms with E-state index in [4.69, 9.17) is 12.2 Å². The highest BCUT2D eigenvalue weighted by molar-refractivity contribution is 7.72. The summed E-state index contributed by atoms with van der Waals surface area (Å²) in [7, 11) is 4.07. The summed E-state index contributed by atoms with van der Waals surface area (Å²) in [5.41, 5.74) is 4.44. The Morgan fingerprint density at radius 1 is 0.500 bits per heavy atom. The molecule has 0 N–H and O–H groups in total. The van der Waals surface area contributed by atoms with Crippen molar-refractivity contribution in [3.05, 3.63) is 112 Å². The normalized spacial score (nSPS) is 11.1. The largest absolute Gasteiger partial charge is 0.344 e. The van der Waals surface area contributed by atoms with Crippen molar-refractivity contribution in [1.82, 2.24) is 9.13 Å². The van der Waals surface area contributed by atoms with E-state index in [1.165, 1.54) is 11.0 Å². The number of pyridine rings is 2. The van der Waals surface area contributed by atoms with Crippen LogP contribution >= 0.6 is 12.2 Å². The van der Waals surface area contributed by atoms with Gasteiger partial charge in [-0.15, -0.1) is 0 Å². The number of rotatable bonds is 0.